The highest BCUT2D eigenvalue weighted by Crippen LogP contribution is 2.14. The molecule has 0 saturated heterocycles. The maximum Gasteiger partial charge on any atom is 0.307 e. The van der Waals surface area contributed by atoms with Crippen LogP contribution >= 0.6 is 0 Å². The molecule has 8 nitrogen and oxygen atoms in total. The van der Waals surface area contributed by atoms with E-state index < -0.39 is 5.97 Å². The predicted molar refractivity (Wildman–Crippen MR) is 60.9 cm³/mol. The zero-order valence-corrected chi connectivity index (χ0v) is 10.5. The maximum atomic E-state index is 10.8. The fraction of sp³-hybridized carbons (Fsp3) is 0.500. The Balaban J connectivity index is 2.26. The van der Waals surface area contributed by atoms with Crippen LogP contribution in [0.4, 0.5) is 0 Å². The molecule has 0 aliphatic heterocycles. The van der Waals surface area contributed by atoms with Gasteiger partial charge in [0.1, 0.15) is 6.54 Å². The van der Waals surface area contributed by atoms with Gasteiger partial charge in [0.15, 0.2) is 5.82 Å². The lowest BCUT2D eigenvalue weighted by molar-refractivity contribution is -0.136. The van der Waals surface area contributed by atoms with Gasteiger partial charge in [0, 0.05) is 11.3 Å². The van der Waals surface area contributed by atoms with Gasteiger partial charge in [-0.1, -0.05) is 0 Å². The molecule has 0 fully saturated rings. The fourth-order valence-corrected chi connectivity index (χ4v) is 1.82. The third-order valence-electron chi connectivity index (χ3n) is 2.70. The van der Waals surface area contributed by atoms with Gasteiger partial charge in [-0.15, -0.1) is 10.2 Å². The van der Waals surface area contributed by atoms with Crippen molar-refractivity contribution in [2.75, 3.05) is 0 Å². The molecule has 0 amide bonds. The zero-order chi connectivity index (χ0) is 13.3. The molecule has 0 unspecified atom stereocenters. The highest BCUT2D eigenvalue weighted by Gasteiger charge is 2.15. The standard InChI is InChI=1S/C10H14N6O2/c1-6-8(4-10(17)18)7(2)16(12-6)5-9-11-14-15(3)13-9/h4-5H2,1-3H3,(H,17,18). The van der Waals surface area contributed by atoms with Crippen LogP contribution in [0.2, 0.25) is 0 Å². The van der Waals surface area contributed by atoms with Crippen molar-refractivity contribution in [2.24, 2.45) is 7.05 Å². The van der Waals surface area contributed by atoms with E-state index in [4.69, 9.17) is 5.11 Å². The lowest BCUT2D eigenvalue weighted by Crippen LogP contribution is -2.07. The van der Waals surface area contributed by atoms with E-state index in [2.05, 4.69) is 20.5 Å². The Labute approximate surface area is 103 Å². The van der Waals surface area contributed by atoms with E-state index in [-0.39, 0.29) is 6.42 Å². The minimum atomic E-state index is -0.863. The van der Waals surface area contributed by atoms with Crippen molar-refractivity contribution >= 4 is 5.97 Å². The van der Waals surface area contributed by atoms with E-state index in [1.54, 1.807) is 18.7 Å². The Morgan fingerprint density at radius 2 is 2.06 bits per heavy atom. The topological polar surface area (TPSA) is 98.7 Å². The second-order valence-electron chi connectivity index (χ2n) is 4.07. The highest BCUT2D eigenvalue weighted by atomic mass is 16.4. The van der Waals surface area contributed by atoms with Crippen molar-refractivity contribution in [1.29, 1.82) is 0 Å². The minimum Gasteiger partial charge on any atom is -0.481 e. The summed E-state index contributed by atoms with van der Waals surface area (Å²) in [6.45, 7) is 4.03. The molecule has 0 aliphatic rings. The average molecular weight is 250 g/mol. The van der Waals surface area contributed by atoms with Crippen LogP contribution in [0.25, 0.3) is 0 Å². The third-order valence-corrected chi connectivity index (χ3v) is 2.70. The molecule has 0 radical (unpaired) electrons. The molecule has 18 heavy (non-hydrogen) atoms. The number of hydrogen-bond donors (Lipinski definition) is 1. The van der Waals surface area contributed by atoms with Crippen molar-refractivity contribution in [3.05, 3.63) is 22.8 Å². The van der Waals surface area contributed by atoms with Crippen molar-refractivity contribution < 1.29 is 9.90 Å². The molecular weight excluding hydrogens is 236 g/mol. The van der Waals surface area contributed by atoms with Gasteiger partial charge in [0.2, 0.25) is 0 Å². The van der Waals surface area contributed by atoms with Crippen LogP contribution in [0, 0.1) is 13.8 Å². The summed E-state index contributed by atoms with van der Waals surface area (Å²) in [5.74, 6) is -0.316. The van der Waals surface area contributed by atoms with Gasteiger partial charge in [-0.2, -0.15) is 9.90 Å². The van der Waals surface area contributed by atoms with E-state index >= 15 is 0 Å². The van der Waals surface area contributed by atoms with Crippen LogP contribution in [0.3, 0.4) is 0 Å². The molecule has 0 spiro atoms. The molecule has 0 aliphatic carbocycles. The maximum absolute atomic E-state index is 10.8. The molecule has 1 N–H and O–H groups in total. The predicted octanol–water partition coefficient (Wildman–Crippen LogP) is -0.301. The smallest absolute Gasteiger partial charge is 0.307 e. The van der Waals surface area contributed by atoms with Gasteiger partial charge >= 0.3 is 5.97 Å². The number of aliphatic carboxylic acids is 1. The first kappa shape index (κ1) is 12.2. The number of aryl methyl sites for hydroxylation is 2. The number of nitrogens with zero attached hydrogens (tertiary/aromatic N) is 6. The number of aromatic nitrogens is 6. The molecule has 8 heteroatoms. The first-order valence-electron chi connectivity index (χ1n) is 5.45. The Morgan fingerprint density at radius 1 is 1.33 bits per heavy atom. The summed E-state index contributed by atoms with van der Waals surface area (Å²) in [5.41, 5.74) is 2.28. The third kappa shape index (κ3) is 2.36. The Hall–Kier alpha value is -2.25. The number of rotatable bonds is 4. The Morgan fingerprint density at radius 3 is 2.61 bits per heavy atom. The summed E-state index contributed by atoms with van der Waals surface area (Å²) < 4.78 is 1.70. The van der Waals surface area contributed by atoms with Gasteiger partial charge in [-0.05, 0) is 19.1 Å². The summed E-state index contributed by atoms with van der Waals surface area (Å²) in [6, 6.07) is 0. The molecule has 0 bridgehead atoms. The first-order chi connectivity index (χ1) is 8.47. The number of carboxylic acids is 1. The van der Waals surface area contributed by atoms with Crippen molar-refractivity contribution in [3.8, 4) is 0 Å². The summed E-state index contributed by atoms with van der Waals surface area (Å²) in [5, 5.41) is 24.8. The van der Waals surface area contributed by atoms with E-state index in [0.29, 0.717) is 12.4 Å². The highest BCUT2D eigenvalue weighted by molar-refractivity contribution is 5.70. The van der Waals surface area contributed by atoms with Crippen LogP contribution in [0.15, 0.2) is 0 Å². The van der Waals surface area contributed by atoms with E-state index in [9.17, 15) is 4.79 Å². The summed E-state index contributed by atoms with van der Waals surface area (Å²) in [6.07, 6.45) is -0.0223. The molecule has 2 rings (SSSR count). The van der Waals surface area contributed by atoms with E-state index in [1.807, 2.05) is 6.92 Å². The second kappa shape index (κ2) is 4.55. The van der Waals surface area contributed by atoms with Gasteiger partial charge < -0.3 is 5.11 Å². The lowest BCUT2D eigenvalue weighted by Gasteiger charge is -2.01. The molecule has 96 valence electrons. The average Bonchev–Trinajstić information content (AvgIpc) is 2.78. The molecule has 2 aromatic heterocycles. The van der Waals surface area contributed by atoms with Crippen LogP contribution in [0.5, 0.6) is 0 Å². The van der Waals surface area contributed by atoms with Crippen LogP contribution in [0.1, 0.15) is 22.8 Å². The summed E-state index contributed by atoms with van der Waals surface area (Å²) in [4.78, 5) is 12.1. The first-order valence-corrected chi connectivity index (χ1v) is 5.45. The van der Waals surface area contributed by atoms with Crippen molar-refractivity contribution in [1.82, 2.24) is 30.0 Å². The molecule has 0 aromatic carbocycles. The van der Waals surface area contributed by atoms with Gasteiger partial charge in [-0.3, -0.25) is 9.48 Å². The second-order valence-corrected chi connectivity index (χ2v) is 4.07. The van der Waals surface area contributed by atoms with Crippen molar-refractivity contribution in [2.45, 2.75) is 26.8 Å². The Bertz CT molecular complexity index is 585. The number of carboxylic acid groups (broad SMARTS) is 1. The normalized spacial score (nSPS) is 10.8. The van der Waals surface area contributed by atoms with Gasteiger partial charge in [0.25, 0.3) is 0 Å². The SMILES string of the molecule is Cc1nn(Cc2nnn(C)n2)c(C)c1CC(=O)O. The molecule has 0 saturated carbocycles. The molecule has 2 aromatic rings. The monoisotopic (exact) mass is 250 g/mol. The minimum absolute atomic E-state index is 0.0223. The van der Waals surface area contributed by atoms with Gasteiger partial charge in [-0.25, -0.2) is 0 Å². The quantitative estimate of drug-likeness (QED) is 0.799. The fourth-order valence-electron chi connectivity index (χ4n) is 1.82. The summed E-state index contributed by atoms with van der Waals surface area (Å²) in [7, 11) is 1.69. The summed E-state index contributed by atoms with van der Waals surface area (Å²) >= 11 is 0. The lowest BCUT2D eigenvalue weighted by atomic mass is 10.1. The molecular formula is C10H14N6O2. The number of hydrogen-bond acceptors (Lipinski definition) is 5. The van der Waals surface area contributed by atoms with Crippen LogP contribution in [-0.2, 0) is 24.8 Å². The Kier molecular flexibility index (Phi) is 3.09. The molecule has 0 atom stereocenters. The van der Waals surface area contributed by atoms with E-state index in [0.717, 1.165) is 17.0 Å². The van der Waals surface area contributed by atoms with E-state index in [1.165, 1.54) is 4.80 Å². The van der Waals surface area contributed by atoms with Crippen LogP contribution < -0.4 is 0 Å². The molecule has 2 heterocycles. The zero-order valence-electron chi connectivity index (χ0n) is 10.5. The number of carbonyl (C=O) groups is 1. The van der Waals surface area contributed by atoms with Gasteiger partial charge in [0.05, 0.1) is 19.2 Å². The van der Waals surface area contributed by atoms with Crippen molar-refractivity contribution in [3.63, 3.8) is 0 Å². The largest absolute Gasteiger partial charge is 0.481 e. The number of tetrazole rings is 1. The van der Waals surface area contributed by atoms with Crippen LogP contribution in [-0.4, -0.2) is 41.1 Å².